The van der Waals surface area contributed by atoms with Crippen LogP contribution in [0.15, 0.2) is 23.4 Å². The van der Waals surface area contributed by atoms with Gasteiger partial charge in [0.1, 0.15) is 6.20 Å². The first-order chi connectivity index (χ1) is 8.33. The number of sulfone groups is 1. The Morgan fingerprint density at radius 1 is 1.50 bits per heavy atom. The first-order valence-electron chi connectivity index (χ1n) is 4.90. The molecule has 0 spiro atoms. The Balaban J connectivity index is 2.79. The van der Waals surface area contributed by atoms with E-state index < -0.39 is 14.8 Å². The van der Waals surface area contributed by atoms with E-state index in [2.05, 4.69) is 10.3 Å². The van der Waals surface area contributed by atoms with Crippen LogP contribution >= 0.6 is 0 Å². The van der Waals surface area contributed by atoms with Gasteiger partial charge in [-0.3, -0.25) is 14.9 Å². The summed E-state index contributed by atoms with van der Waals surface area (Å²) in [5.41, 5.74) is -0.282. The molecule has 1 N–H and O–H groups in total. The summed E-state index contributed by atoms with van der Waals surface area (Å²) in [6.45, 7) is 1.24. The lowest BCUT2D eigenvalue weighted by atomic mass is 10.4. The van der Waals surface area contributed by atoms with E-state index in [1.165, 1.54) is 6.92 Å². The van der Waals surface area contributed by atoms with Crippen LogP contribution in [0.1, 0.15) is 6.92 Å². The molecule has 0 bridgehead atoms. The summed E-state index contributed by atoms with van der Waals surface area (Å²) in [6.07, 6.45) is 0.880. The quantitative estimate of drug-likeness (QED) is 0.591. The Morgan fingerprint density at radius 3 is 2.61 bits per heavy atom. The summed E-state index contributed by atoms with van der Waals surface area (Å²) < 4.78 is 23.4. The number of carbonyl (C=O) groups excluding carboxylic acids is 1. The van der Waals surface area contributed by atoms with Crippen LogP contribution in [0.2, 0.25) is 0 Å². The zero-order valence-electron chi connectivity index (χ0n) is 9.49. The Hall–Kier alpha value is -2.03. The third-order valence-corrected chi connectivity index (χ3v) is 3.62. The largest absolute Gasteiger partial charge is 0.355 e. The number of hydrogen-bond donors (Lipinski definition) is 1. The van der Waals surface area contributed by atoms with E-state index in [0.29, 0.717) is 0 Å². The van der Waals surface area contributed by atoms with Crippen LogP contribution in [0.5, 0.6) is 0 Å². The van der Waals surface area contributed by atoms with Crippen molar-refractivity contribution in [2.45, 2.75) is 11.9 Å². The van der Waals surface area contributed by atoms with Crippen LogP contribution in [0.25, 0.3) is 0 Å². The highest BCUT2D eigenvalue weighted by atomic mass is 32.2. The fourth-order valence-electron chi connectivity index (χ4n) is 1.13. The van der Waals surface area contributed by atoms with Crippen LogP contribution in [0.4, 0.5) is 5.69 Å². The second kappa shape index (κ2) is 5.54. The highest BCUT2D eigenvalue weighted by Crippen LogP contribution is 2.13. The predicted molar refractivity (Wildman–Crippen MR) is 61.6 cm³/mol. The number of rotatable bonds is 5. The lowest BCUT2D eigenvalue weighted by molar-refractivity contribution is -0.385. The third kappa shape index (κ3) is 3.77. The molecular weight excluding hydrogens is 262 g/mol. The summed E-state index contributed by atoms with van der Waals surface area (Å²) in [5.74, 6) is -0.640. The number of aromatic nitrogens is 1. The van der Waals surface area contributed by atoms with Crippen molar-refractivity contribution in [3.63, 3.8) is 0 Å². The first-order valence-corrected chi connectivity index (χ1v) is 6.56. The van der Waals surface area contributed by atoms with Crippen molar-refractivity contribution in [2.24, 2.45) is 0 Å². The van der Waals surface area contributed by atoms with Crippen molar-refractivity contribution in [3.8, 4) is 0 Å². The summed E-state index contributed by atoms with van der Waals surface area (Å²) >= 11 is 0. The molecule has 0 aliphatic carbocycles. The normalized spacial score (nSPS) is 10.9. The molecule has 1 rings (SSSR count). The standard InChI is InChI=1S/C9H11N3O5S/c1-7(13)10-4-5-18(16,17)9-3-2-8(6-11-9)12(14)15/h2-3,6H,4-5H2,1H3,(H,10,13). The van der Waals surface area contributed by atoms with Gasteiger partial charge in [0, 0.05) is 19.5 Å². The molecule has 0 saturated heterocycles. The summed E-state index contributed by atoms with van der Waals surface area (Å²) in [5, 5.41) is 12.5. The van der Waals surface area contributed by atoms with Crippen molar-refractivity contribution >= 4 is 21.4 Å². The molecule has 0 unspecified atom stereocenters. The number of carbonyl (C=O) groups is 1. The zero-order valence-corrected chi connectivity index (χ0v) is 10.3. The van der Waals surface area contributed by atoms with Crippen molar-refractivity contribution in [2.75, 3.05) is 12.3 Å². The Morgan fingerprint density at radius 2 is 2.17 bits per heavy atom. The van der Waals surface area contributed by atoms with Gasteiger partial charge in [0.25, 0.3) is 5.69 Å². The maximum absolute atomic E-state index is 11.7. The van der Waals surface area contributed by atoms with Crippen molar-refractivity contribution in [1.82, 2.24) is 10.3 Å². The minimum atomic E-state index is -3.65. The number of pyridine rings is 1. The molecule has 1 heterocycles. The average molecular weight is 273 g/mol. The van der Waals surface area contributed by atoms with E-state index in [0.717, 1.165) is 18.3 Å². The summed E-state index contributed by atoms with van der Waals surface area (Å²) in [4.78, 5) is 23.8. The molecule has 9 heteroatoms. The molecule has 1 amide bonds. The zero-order chi connectivity index (χ0) is 13.8. The minimum absolute atomic E-state index is 0.0314. The molecule has 98 valence electrons. The van der Waals surface area contributed by atoms with E-state index in [1.54, 1.807) is 0 Å². The molecule has 1 aromatic heterocycles. The maximum atomic E-state index is 11.7. The van der Waals surface area contributed by atoms with Gasteiger partial charge >= 0.3 is 0 Å². The maximum Gasteiger partial charge on any atom is 0.287 e. The van der Waals surface area contributed by atoms with Crippen LogP contribution in [0.3, 0.4) is 0 Å². The van der Waals surface area contributed by atoms with Crippen molar-refractivity contribution in [1.29, 1.82) is 0 Å². The van der Waals surface area contributed by atoms with Gasteiger partial charge in [-0.15, -0.1) is 0 Å². The summed E-state index contributed by atoms with van der Waals surface area (Å²) in [7, 11) is -3.65. The molecule has 0 atom stereocenters. The van der Waals surface area contributed by atoms with E-state index in [9.17, 15) is 23.3 Å². The minimum Gasteiger partial charge on any atom is -0.355 e. The highest BCUT2D eigenvalue weighted by Gasteiger charge is 2.17. The molecule has 0 aliphatic heterocycles. The number of amides is 1. The van der Waals surface area contributed by atoms with E-state index in [4.69, 9.17) is 0 Å². The van der Waals surface area contributed by atoms with Gasteiger partial charge in [0.05, 0.1) is 10.7 Å². The smallest absolute Gasteiger partial charge is 0.287 e. The number of nitrogens with zero attached hydrogens (tertiary/aromatic N) is 2. The fraction of sp³-hybridized carbons (Fsp3) is 0.333. The molecule has 0 fully saturated rings. The average Bonchev–Trinajstić information content (AvgIpc) is 2.28. The van der Waals surface area contributed by atoms with Gasteiger partial charge in [-0.2, -0.15) is 0 Å². The van der Waals surface area contributed by atoms with Gasteiger partial charge in [0.15, 0.2) is 14.9 Å². The van der Waals surface area contributed by atoms with Gasteiger partial charge in [0.2, 0.25) is 5.91 Å². The van der Waals surface area contributed by atoms with Crippen LogP contribution in [-0.4, -0.2) is 36.5 Å². The predicted octanol–water partition coefficient (Wildman–Crippen LogP) is -0.100. The molecule has 0 radical (unpaired) electrons. The lowest BCUT2D eigenvalue weighted by Gasteiger charge is -2.03. The lowest BCUT2D eigenvalue weighted by Crippen LogP contribution is -2.27. The van der Waals surface area contributed by atoms with Crippen molar-refractivity contribution < 1.29 is 18.1 Å². The van der Waals surface area contributed by atoms with Gasteiger partial charge in [-0.25, -0.2) is 13.4 Å². The second-order valence-electron chi connectivity index (χ2n) is 3.41. The Labute approximate surface area is 103 Å². The SMILES string of the molecule is CC(=O)NCCS(=O)(=O)c1ccc([N+](=O)[O-])cn1. The van der Waals surface area contributed by atoms with Crippen LogP contribution < -0.4 is 5.32 Å². The molecule has 0 aromatic carbocycles. The highest BCUT2D eigenvalue weighted by molar-refractivity contribution is 7.91. The van der Waals surface area contributed by atoms with Crippen LogP contribution in [0, 0.1) is 10.1 Å². The van der Waals surface area contributed by atoms with Gasteiger partial charge in [-0.05, 0) is 6.07 Å². The molecule has 0 saturated carbocycles. The third-order valence-electron chi connectivity index (χ3n) is 1.99. The Bertz CT molecular complexity index is 552. The van der Waals surface area contributed by atoms with Crippen LogP contribution in [-0.2, 0) is 14.6 Å². The number of nitrogens with one attached hydrogen (secondary N) is 1. The fourth-order valence-corrected chi connectivity index (χ4v) is 2.20. The number of hydrogen-bond acceptors (Lipinski definition) is 6. The molecule has 0 aliphatic rings. The monoisotopic (exact) mass is 273 g/mol. The van der Waals surface area contributed by atoms with Crippen molar-refractivity contribution in [3.05, 3.63) is 28.4 Å². The van der Waals surface area contributed by atoms with Gasteiger partial charge in [-0.1, -0.05) is 0 Å². The second-order valence-corrected chi connectivity index (χ2v) is 5.47. The van der Waals surface area contributed by atoms with E-state index >= 15 is 0 Å². The van der Waals surface area contributed by atoms with E-state index in [1.807, 2.05) is 0 Å². The summed E-state index contributed by atoms with van der Waals surface area (Å²) in [6, 6.07) is 2.14. The molecule has 1 aromatic rings. The first kappa shape index (κ1) is 14.0. The Kier molecular flexibility index (Phi) is 4.32. The van der Waals surface area contributed by atoms with E-state index in [-0.39, 0.29) is 28.9 Å². The molecule has 18 heavy (non-hydrogen) atoms. The molecular formula is C9H11N3O5S. The van der Waals surface area contributed by atoms with Gasteiger partial charge < -0.3 is 5.32 Å². The topological polar surface area (TPSA) is 119 Å². The molecule has 8 nitrogen and oxygen atoms in total. The number of nitro groups is 1.